The number of benzene rings is 2. The Hall–Kier alpha value is -2.80. The molecule has 2 heterocycles. The number of piperidine rings is 1. The topological polar surface area (TPSA) is 69.6 Å². The van der Waals surface area contributed by atoms with Gasteiger partial charge in [-0.2, -0.15) is 0 Å². The molecule has 4 rings (SSSR count). The molecule has 7 heteroatoms. The summed E-state index contributed by atoms with van der Waals surface area (Å²) in [7, 11) is 4.80. The summed E-state index contributed by atoms with van der Waals surface area (Å²) in [5, 5.41) is 10.8. The average Bonchev–Trinajstić information content (AvgIpc) is 3.21. The van der Waals surface area contributed by atoms with Crippen molar-refractivity contribution in [2.45, 2.75) is 25.3 Å². The minimum atomic E-state index is -0.182. The Kier molecular flexibility index (Phi) is 5.58. The van der Waals surface area contributed by atoms with E-state index in [0.717, 1.165) is 37.1 Å². The number of rotatable bonds is 6. The van der Waals surface area contributed by atoms with E-state index in [-0.39, 0.29) is 18.6 Å². The predicted octanol–water partition coefficient (Wildman–Crippen LogP) is 3.72. The maximum atomic E-state index is 10.8. The Morgan fingerprint density at radius 3 is 2.07 bits per heavy atom. The van der Waals surface area contributed by atoms with Gasteiger partial charge in [0.2, 0.25) is 12.5 Å². The lowest BCUT2D eigenvalue weighted by molar-refractivity contribution is 0.173. The third-order valence-electron chi connectivity index (χ3n) is 5.58. The molecule has 1 fully saturated rings. The summed E-state index contributed by atoms with van der Waals surface area (Å²) in [6.45, 7) is 2.04. The normalized spacial score (nSPS) is 17.1. The van der Waals surface area contributed by atoms with Gasteiger partial charge in [-0.1, -0.05) is 6.42 Å². The van der Waals surface area contributed by atoms with E-state index in [0.29, 0.717) is 28.7 Å². The fourth-order valence-electron chi connectivity index (χ4n) is 4.19. The minimum absolute atomic E-state index is 0.163. The van der Waals surface area contributed by atoms with Crippen LogP contribution in [-0.4, -0.2) is 51.2 Å². The summed E-state index contributed by atoms with van der Waals surface area (Å²) in [6.07, 6.45) is 3.45. The maximum absolute atomic E-state index is 10.8. The molecule has 2 aliphatic rings. The fraction of sp³-hybridized carbons (Fsp3) is 0.455. The van der Waals surface area contributed by atoms with E-state index in [9.17, 15) is 5.11 Å². The first kappa shape index (κ1) is 19.5. The predicted molar refractivity (Wildman–Crippen MR) is 108 cm³/mol. The van der Waals surface area contributed by atoms with Crippen LogP contribution in [0.15, 0.2) is 24.3 Å². The van der Waals surface area contributed by atoms with Crippen LogP contribution in [0.4, 0.5) is 0 Å². The molecule has 0 spiro atoms. The zero-order chi connectivity index (χ0) is 20.4. The van der Waals surface area contributed by atoms with Crippen LogP contribution in [0.2, 0.25) is 0 Å². The van der Waals surface area contributed by atoms with E-state index in [1.54, 1.807) is 27.4 Å². The number of methoxy groups -OCH3 is 3. The molecule has 2 aromatic rings. The summed E-state index contributed by atoms with van der Waals surface area (Å²) < 4.78 is 27.6. The van der Waals surface area contributed by atoms with Crippen molar-refractivity contribution in [1.82, 2.24) is 4.90 Å². The van der Waals surface area contributed by atoms with E-state index in [1.807, 2.05) is 18.2 Å². The monoisotopic (exact) mass is 401 g/mol. The lowest BCUT2D eigenvalue weighted by Crippen LogP contribution is -2.34. The van der Waals surface area contributed by atoms with Crippen molar-refractivity contribution in [2.75, 3.05) is 41.2 Å². The Morgan fingerprint density at radius 2 is 1.48 bits per heavy atom. The highest BCUT2D eigenvalue weighted by Crippen LogP contribution is 2.47. The first-order valence-electron chi connectivity index (χ1n) is 9.82. The number of likely N-dealkylation sites (tertiary alicyclic amines) is 1. The van der Waals surface area contributed by atoms with Gasteiger partial charge in [-0.3, -0.25) is 4.90 Å². The lowest BCUT2D eigenvalue weighted by atomic mass is 9.93. The van der Waals surface area contributed by atoms with Crippen LogP contribution >= 0.6 is 0 Å². The Bertz CT molecular complexity index is 853. The Balaban J connectivity index is 1.86. The fourth-order valence-corrected chi connectivity index (χ4v) is 4.19. The zero-order valence-corrected chi connectivity index (χ0v) is 17.1. The van der Waals surface area contributed by atoms with Crippen molar-refractivity contribution >= 4 is 0 Å². The van der Waals surface area contributed by atoms with Gasteiger partial charge in [0.1, 0.15) is 5.75 Å². The third-order valence-corrected chi connectivity index (χ3v) is 5.58. The quantitative estimate of drug-likeness (QED) is 0.791. The van der Waals surface area contributed by atoms with Crippen molar-refractivity contribution in [1.29, 1.82) is 0 Å². The number of phenolic OH excluding ortho intramolecular Hbond substituents is 1. The molecule has 0 amide bonds. The molecule has 7 nitrogen and oxygen atoms in total. The molecule has 0 aromatic heterocycles. The van der Waals surface area contributed by atoms with Gasteiger partial charge in [-0.25, -0.2) is 0 Å². The molecule has 0 aliphatic carbocycles. The zero-order valence-electron chi connectivity index (χ0n) is 17.1. The van der Waals surface area contributed by atoms with Crippen LogP contribution in [0.3, 0.4) is 0 Å². The molecule has 1 saturated heterocycles. The van der Waals surface area contributed by atoms with Crippen molar-refractivity contribution in [2.24, 2.45) is 0 Å². The Labute approximate surface area is 170 Å². The second kappa shape index (κ2) is 8.29. The van der Waals surface area contributed by atoms with Gasteiger partial charge in [-0.05, 0) is 49.7 Å². The summed E-state index contributed by atoms with van der Waals surface area (Å²) in [6, 6.07) is 7.22. The highest BCUT2D eigenvalue weighted by atomic mass is 16.7. The molecule has 29 heavy (non-hydrogen) atoms. The molecule has 2 aromatic carbocycles. The second-order valence-corrected chi connectivity index (χ2v) is 7.22. The lowest BCUT2D eigenvalue weighted by Gasteiger charge is -2.36. The van der Waals surface area contributed by atoms with Crippen molar-refractivity contribution in [3.8, 4) is 34.5 Å². The summed E-state index contributed by atoms with van der Waals surface area (Å²) in [4.78, 5) is 2.38. The second-order valence-electron chi connectivity index (χ2n) is 7.22. The number of ether oxygens (including phenoxy) is 5. The van der Waals surface area contributed by atoms with Crippen LogP contribution in [0, 0.1) is 0 Å². The standard InChI is InChI=1S/C22H27NO6/c1-25-19-9-14(10-20(26-2)22(19)27-3)21(23-7-5-4-6-8-23)15-11-17-18(12-16(15)24)29-13-28-17/h9-12,21,24H,4-8,13H2,1-3H3/t21-/m0/s1. The molecule has 0 unspecified atom stereocenters. The Morgan fingerprint density at radius 1 is 0.862 bits per heavy atom. The van der Waals surface area contributed by atoms with Gasteiger partial charge < -0.3 is 28.8 Å². The smallest absolute Gasteiger partial charge is 0.231 e. The molecule has 156 valence electrons. The van der Waals surface area contributed by atoms with E-state index in [2.05, 4.69) is 4.90 Å². The number of fused-ring (bicyclic) bond motifs is 1. The molecule has 1 N–H and O–H groups in total. The molecule has 0 radical (unpaired) electrons. The first-order valence-corrected chi connectivity index (χ1v) is 9.82. The van der Waals surface area contributed by atoms with Gasteiger partial charge in [0.25, 0.3) is 0 Å². The number of hydrogen-bond donors (Lipinski definition) is 1. The van der Waals surface area contributed by atoms with Crippen molar-refractivity contribution in [3.63, 3.8) is 0 Å². The van der Waals surface area contributed by atoms with E-state index >= 15 is 0 Å². The van der Waals surface area contributed by atoms with E-state index in [4.69, 9.17) is 23.7 Å². The number of hydrogen-bond acceptors (Lipinski definition) is 7. The molecule has 0 bridgehead atoms. The third kappa shape index (κ3) is 3.62. The van der Waals surface area contributed by atoms with Crippen molar-refractivity contribution in [3.05, 3.63) is 35.4 Å². The van der Waals surface area contributed by atoms with E-state index in [1.165, 1.54) is 6.42 Å². The summed E-state index contributed by atoms with van der Waals surface area (Å²) >= 11 is 0. The highest BCUT2D eigenvalue weighted by molar-refractivity contribution is 5.58. The van der Waals surface area contributed by atoms with E-state index < -0.39 is 0 Å². The molecule has 2 aliphatic heterocycles. The summed E-state index contributed by atoms with van der Waals surface area (Å²) in [5.74, 6) is 3.11. The van der Waals surface area contributed by atoms with Crippen LogP contribution in [0.25, 0.3) is 0 Å². The number of phenols is 1. The van der Waals surface area contributed by atoms with Crippen LogP contribution in [0.1, 0.15) is 36.4 Å². The van der Waals surface area contributed by atoms with Crippen molar-refractivity contribution < 1.29 is 28.8 Å². The van der Waals surface area contributed by atoms with Gasteiger partial charge in [0.05, 0.1) is 27.4 Å². The largest absolute Gasteiger partial charge is 0.507 e. The minimum Gasteiger partial charge on any atom is -0.507 e. The maximum Gasteiger partial charge on any atom is 0.231 e. The van der Waals surface area contributed by atoms with Gasteiger partial charge in [0.15, 0.2) is 23.0 Å². The average molecular weight is 401 g/mol. The molecule has 1 atom stereocenters. The van der Waals surface area contributed by atoms with Gasteiger partial charge in [0, 0.05) is 11.6 Å². The van der Waals surface area contributed by atoms with Crippen LogP contribution in [0.5, 0.6) is 34.5 Å². The number of aromatic hydroxyl groups is 1. The molecular formula is C22H27NO6. The van der Waals surface area contributed by atoms with Crippen LogP contribution in [-0.2, 0) is 0 Å². The number of nitrogens with zero attached hydrogens (tertiary/aromatic N) is 1. The SMILES string of the molecule is COc1cc([C@@H](c2cc3c(cc2O)OCO3)N2CCCCC2)cc(OC)c1OC. The summed E-state index contributed by atoms with van der Waals surface area (Å²) in [5.41, 5.74) is 1.72. The van der Waals surface area contributed by atoms with Crippen LogP contribution < -0.4 is 23.7 Å². The highest BCUT2D eigenvalue weighted by Gasteiger charge is 2.30. The molecular weight excluding hydrogens is 374 g/mol. The molecule has 0 saturated carbocycles. The first-order chi connectivity index (χ1) is 14.2. The van der Waals surface area contributed by atoms with Gasteiger partial charge >= 0.3 is 0 Å². The van der Waals surface area contributed by atoms with Gasteiger partial charge in [-0.15, -0.1) is 0 Å².